The van der Waals surface area contributed by atoms with Crippen LogP contribution in [0.5, 0.6) is 5.75 Å². The van der Waals surface area contributed by atoms with Crippen molar-refractivity contribution in [3.05, 3.63) is 63.7 Å². The Bertz CT molecular complexity index is 1250. The van der Waals surface area contributed by atoms with Crippen LogP contribution < -0.4 is 10.1 Å². The van der Waals surface area contributed by atoms with E-state index in [1.165, 1.54) is 11.3 Å². The van der Waals surface area contributed by atoms with Gasteiger partial charge in [-0.05, 0) is 48.6 Å². The third-order valence-electron chi connectivity index (χ3n) is 4.56. The molecule has 10 heteroatoms. The number of halogens is 1. The fourth-order valence-corrected chi connectivity index (χ4v) is 4.05. The number of methoxy groups -OCH3 is 1. The molecular formula is C21H18ClN5O2S2. The molecule has 0 bridgehead atoms. The van der Waals surface area contributed by atoms with Gasteiger partial charge in [0.25, 0.3) is 0 Å². The molecule has 2 N–H and O–H groups in total. The molecule has 7 nitrogen and oxygen atoms in total. The van der Waals surface area contributed by atoms with Gasteiger partial charge < -0.3 is 10.1 Å². The molecule has 0 saturated heterocycles. The number of hydrogen-bond acceptors (Lipinski definition) is 6. The topological polar surface area (TPSA) is 84.8 Å². The summed E-state index contributed by atoms with van der Waals surface area (Å²) in [6.45, 7) is 0.387. The van der Waals surface area contributed by atoms with Gasteiger partial charge in [0.1, 0.15) is 5.75 Å². The average Bonchev–Trinajstić information content (AvgIpc) is 3.39. The number of H-pyrrole nitrogens is 1. The van der Waals surface area contributed by atoms with Crippen LogP contribution in [-0.4, -0.2) is 32.8 Å². The Labute approximate surface area is 192 Å². The predicted molar refractivity (Wildman–Crippen MR) is 125 cm³/mol. The summed E-state index contributed by atoms with van der Waals surface area (Å²) in [7, 11) is 1.62. The molecule has 4 aromatic rings. The number of rotatable bonds is 7. The summed E-state index contributed by atoms with van der Waals surface area (Å²) in [5, 5.41) is 13.0. The first-order chi connectivity index (χ1) is 15.0. The minimum atomic E-state index is -0.152. The van der Waals surface area contributed by atoms with Crippen molar-refractivity contribution in [2.24, 2.45) is 0 Å². The highest BCUT2D eigenvalue weighted by Gasteiger charge is 2.12. The molecule has 0 aliphatic rings. The molecule has 0 spiro atoms. The monoisotopic (exact) mass is 471 g/mol. The molecule has 4 rings (SSSR count). The third kappa shape index (κ3) is 5.01. The molecule has 2 heterocycles. The van der Waals surface area contributed by atoms with Crippen molar-refractivity contribution in [1.29, 1.82) is 0 Å². The highest BCUT2D eigenvalue weighted by Crippen LogP contribution is 2.26. The number of ether oxygens (including phenoxy) is 1. The number of hydrogen-bond donors (Lipinski definition) is 2. The summed E-state index contributed by atoms with van der Waals surface area (Å²) in [4.78, 5) is 17.0. The fourth-order valence-electron chi connectivity index (χ4n) is 2.97. The van der Waals surface area contributed by atoms with Gasteiger partial charge in [-0.25, -0.2) is 4.98 Å². The summed E-state index contributed by atoms with van der Waals surface area (Å²) in [5.41, 5.74) is 2.60. The molecule has 0 saturated carbocycles. The Hall–Kier alpha value is -3.01. The Balaban J connectivity index is 1.41. The maximum absolute atomic E-state index is 12.5. The van der Waals surface area contributed by atoms with Gasteiger partial charge in [-0.15, -0.1) is 11.3 Å². The van der Waals surface area contributed by atoms with E-state index in [9.17, 15) is 4.79 Å². The lowest BCUT2D eigenvalue weighted by molar-refractivity contribution is -0.116. The molecule has 0 radical (unpaired) electrons. The van der Waals surface area contributed by atoms with Gasteiger partial charge in [-0.2, -0.15) is 5.10 Å². The quantitative estimate of drug-likeness (QED) is 0.351. The Morgan fingerprint density at radius 2 is 1.90 bits per heavy atom. The number of carbonyl (C=O) groups excluding carboxylic acids is 1. The number of thiazole rings is 1. The van der Waals surface area contributed by atoms with Gasteiger partial charge >= 0.3 is 0 Å². The van der Waals surface area contributed by atoms with Crippen LogP contribution in [0, 0.1) is 4.77 Å². The lowest BCUT2D eigenvalue weighted by Gasteiger charge is -2.07. The molecule has 0 aliphatic carbocycles. The first kappa shape index (κ1) is 21.2. The SMILES string of the molecule is COc1ccc(-c2n[nH]c(=S)n2CCC(=O)Nc2nc(-c3ccc(Cl)cc3)cs2)cc1. The zero-order valence-electron chi connectivity index (χ0n) is 16.5. The highest BCUT2D eigenvalue weighted by molar-refractivity contribution is 7.71. The second-order valence-electron chi connectivity index (χ2n) is 6.58. The summed E-state index contributed by atoms with van der Waals surface area (Å²) in [6.07, 6.45) is 0.229. The second kappa shape index (κ2) is 9.42. The van der Waals surface area contributed by atoms with Gasteiger partial charge in [0.05, 0.1) is 12.8 Å². The lowest BCUT2D eigenvalue weighted by atomic mass is 10.2. The van der Waals surface area contributed by atoms with E-state index >= 15 is 0 Å². The minimum Gasteiger partial charge on any atom is -0.497 e. The zero-order valence-corrected chi connectivity index (χ0v) is 18.9. The molecule has 0 unspecified atom stereocenters. The maximum Gasteiger partial charge on any atom is 0.227 e. The van der Waals surface area contributed by atoms with Crippen molar-refractivity contribution in [2.45, 2.75) is 13.0 Å². The molecule has 0 fully saturated rings. The van der Waals surface area contributed by atoms with Crippen molar-refractivity contribution in [3.8, 4) is 28.4 Å². The van der Waals surface area contributed by atoms with Gasteiger partial charge in [0.15, 0.2) is 15.7 Å². The molecule has 2 aromatic heterocycles. The molecule has 158 valence electrons. The van der Waals surface area contributed by atoms with Crippen LogP contribution in [0.3, 0.4) is 0 Å². The number of aromatic amines is 1. The van der Waals surface area contributed by atoms with Crippen LogP contribution in [0.4, 0.5) is 5.13 Å². The van der Waals surface area contributed by atoms with Gasteiger partial charge in [0, 0.05) is 34.5 Å². The fraction of sp³-hybridized carbons (Fsp3) is 0.143. The molecule has 1 amide bonds. The van der Waals surface area contributed by atoms with Crippen LogP contribution in [0.1, 0.15) is 6.42 Å². The van der Waals surface area contributed by atoms with E-state index in [-0.39, 0.29) is 12.3 Å². The molecule has 0 atom stereocenters. The van der Waals surface area contributed by atoms with Crippen LogP contribution in [0.25, 0.3) is 22.6 Å². The third-order valence-corrected chi connectivity index (χ3v) is 5.88. The lowest BCUT2D eigenvalue weighted by Crippen LogP contribution is -2.15. The molecule has 0 aliphatic heterocycles. The van der Waals surface area contributed by atoms with E-state index in [0.717, 1.165) is 22.6 Å². The summed E-state index contributed by atoms with van der Waals surface area (Å²) in [6, 6.07) is 14.9. The highest BCUT2D eigenvalue weighted by atomic mass is 35.5. The normalized spacial score (nSPS) is 10.8. The number of amides is 1. The number of nitrogens with zero attached hydrogens (tertiary/aromatic N) is 3. The second-order valence-corrected chi connectivity index (χ2v) is 8.26. The van der Waals surface area contributed by atoms with E-state index < -0.39 is 0 Å². The Kier molecular flexibility index (Phi) is 6.45. The minimum absolute atomic E-state index is 0.152. The van der Waals surface area contributed by atoms with Crippen LogP contribution >= 0.6 is 35.2 Å². The van der Waals surface area contributed by atoms with E-state index in [1.807, 2.05) is 53.9 Å². The van der Waals surface area contributed by atoms with E-state index in [2.05, 4.69) is 20.5 Å². The first-order valence-electron chi connectivity index (χ1n) is 9.34. The van der Waals surface area contributed by atoms with Crippen molar-refractivity contribution >= 4 is 46.2 Å². The van der Waals surface area contributed by atoms with Gasteiger partial charge in [-0.1, -0.05) is 23.7 Å². The zero-order chi connectivity index (χ0) is 21.8. The standard InChI is InChI=1S/C21H18ClN5O2S2/c1-29-16-8-4-14(5-9-16)19-25-26-21(30)27(19)11-10-18(28)24-20-23-17(12-31-20)13-2-6-15(22)7-3-13/h2-9,12H,10-11H2,1H3,(H,26,30)(H,23,24,28). The number of carbonyl (C=O) groups is 1. The maximum atomic E-state index is 12.5. The predicted octanol–water partition coefficient (Wildman–Crippen LogP) is 5.42. The van der Waals surface area contributed by atoms with Gasteiger partial charge in [0.2, 0.25) is 5.91 Å². The Morgan fingerprint density at radius 3 is 2.61 bits per heavy atom. The molecule has 31 heavy (non-hydrogen) atoms. The number of nitrogens with one attached hydrogen (secondary N) is 2. The molecular weight excluding hydrogens is 454 g/mol. The summed E-state index contributed by atoms with van der Waals surface area (Å²) < 4.78 is 7.45. The smallest absolute Gasteiger partial charge is 0.227 e. The van der Waals surface area contributed by atoms with Crippen LogP contribution in [-0.2, 0) is 11.3 Å². The van der Waals surface area contributed by atoms with Crippen molar-refractivity contribution < 1.29 is 9.53 Å². The summed E-state index contributed by atoms with van der Waals surface area (Å²) >= 11 is 12.6. The van der Waals surface area contributed by atoms with Gasteiger partial charge in [-0.3, -0.25) is 14.5 Å². The van der Waals surface area contributed by atoms with E-state index in [0.29, 0.717) is 27.3 Å². The summed E-state index contributed by atoms with van der Waals surface area (Å²) in [5.74, 6) is 1.27. The van der Waals surface area contributed by atoms with Crippen LogP contribution in [0.15, 0.2) is 53.9 Å². The van der Waals surface area contributed by atoms with E-state index in [4.69, 9.17) is 28.6 Å². The van der Waals surface area contributed by atoms with E-state index in [1.54, 1.807) is 11.7 Å². The number of aromatic nitrogens is 4. The van der Waals surface area contributed by atoms with Crippen LogP contribution in [0.2, 0.25) is 5.02 Å². The Morgan fingerprint density at radius 1 is 1.19 bits per heavy atom. The first-order valence-corrected chi connectivity index (χ1v) is 11.0. The average molecular weight is 472 g/mol. The number of anilines is 1. The number of benzene rings is 2. The molecule has 2 aromatic carbocycles. The van der Waals surface area contributed by atoms with Crippen molar-refractivity contribution in [3.63, 3.8) is 0 Å². The van der Waals surface area contributed by atoms with Crippen molar-refractivity contribution in [2.75, 3.05) is 12.4 Å². The largest absolute Gasteiger partial charge is 0.497 e. The van der Waals surface area contributed by atoms with Crippen molar-refractivity contribution in [1.82, 2.24) is 19.7 Å².